The zero-order chi connectivity index (χ0) is 11.3. The molecule has 3 N–H and O–H groups in total. The predicted molar refractivity (Wildman–Crippen MR) is 58.2 cm³/mol. The molecule has 0 unspecified atom stereocenters. The first-order chi connectivity index (χ1) is 7.08. The summed E-state index contributed by atoms with van der Waals surface area (Å²) in [4.78, 5) is 21.3. The Bertz CT molecular complexity index is 398. The molecule has 5 heteroatoms. The summed E-state index contributed by atoms with van der Waals surface area (Å²) in [5.74, 6) is -0.558. The number of halogens is 1. The summed E-state index contributed by atoms with van der Waals surface area (Å²) in [7, 11) is 0. The van der Waals surface area contributed by atoms with Crippen LogP contribution in [-0.2, 0) is 4.79 Å². The second-order valence-corrected chi connectivity index (χ2v) is 3.17. The fourth-order valence-corrected chi connectivity index (χ4v) is 1.03. The highest BCUT2D eigenvalue weighted by molar-refractivity contribution is 6.30. The number of urea groups is 1. The fourth-order valence-electron chi connectivity index (χ4n) is 0.909. The first-order valence-electron chi connectivity index (χ1n) is 4.12. The third-order valence-electron chi connectivity index (χ3n) is 1.54. The largest absolute Gasteiger partial charge is 0.351 e. The van der Waals surface area contributed by atoms with Gasteiger partial charge < -0.3 is 5.73 Å². The lowest BCUT2D eigenvalue weighted by Gasteiger charge is -1.95. The number of amides is 3. The van der Waals surface area contributed by atoms with Gasteiger partial charge in [-0.05, 0) is 23.8 Å². The Morgan fingerprint density at radius 3 is 2.40 bits per heavy atom. The molecule has 3 amide bonds. The van der Waals surface area contributed by atoms with Gasteiger partial charge in [0.15, 0.2) is 0 Å². The molecule has 15 heavy (non-hydrogen) atoms. The van der Waals surface area contributed by atoms with E-state index in [2.05, 4.69) is 0 Å². The van der Waals surface area contributed by atoms with Crippen molar-refractivity contribution in [2.24, 2.45) is 5.73 Å². The molecule has 0 saturated carbocycles. The smallest absolute Gasteiger partial charge is 0.319 e. The van der Waals surface area contributed by atoms with Crippen LogP contribution in [0.1, 0.15) is 5.56 Å². The van der Waals surface area contributed by atoms with Crippen molar-refractivity contribution in [2.75, 3.05) is 0 Å². The lowest BCUT2D eigenvalue weighted by molar-refractivity contribution is -0.115. The molecular formula is C10H9ClN2O2. The summed E-state index contributed by atoms with van der Waals surface area (Å²) >= 11 is 5.68. The maximum absolute atomic E-state index is 11.0. The van der Waals surface area contributed by atoms with Gasteiger partial charge in [-0.15, -0.1) is 0 Å². The molecule has 4 nitrogen and oxygen atoms in total. The number of carbonyl (C=O) groups excluding carboxylic acids is 2. The van der Waals surface area contributed by atoms with Crippen LogP contribution in [0.4, 0.5) is 4.79 Å². The molecule has 0 aliphatic carbocycles. The van der Waals surface area contributed by atoms with E-state index in [1.165, 1.54) is 6.08 Å². The zero-order valence-electron chi connectivity index (χ0n) is 7.74. The Kier molecular flexibility index (Phi) is 3.88. The highest BCUT2D eigenvalue weighted by Gasteiger charge is 1.97. The monoisotopic (exact) mass is 224 g/mol. The number of rotatable bonds is 2. The molecule has 78 valence electrons. The number of primary amides is 1. The maximum atomic E-state index is 11.0. The van der Waals surface area contributed by atoms with Gasteiger partial charge in [0.25, 0.3) is 5.91 Å². The van der Waals surface area contributed by atoms with Crippen LogP contribution in [0.3, 0.4) is 0 Å². The summed E-state index contributed by atoms with van der Waals surface area (Å²) in [6.45, 7) is 0. The van der Waals surface area contributed by atoms with Crippen LogP contribution in [0.15, 0.2) is 30.3 Å². The van der Waals surface area contributed by atoms with Crippen molar-refractivity contribution in [3.8, 4) is 0 Å². The van der Waals surface area contributed by atoms with E-state index < -0.39 is 11.9 Å². The minimum Gasteiger partial charge on any atom is -0.351 e. The lowest BCUT2D eigenvalue weighted by Crippen LogP contribution is -2.33. The van der Waals surface area contributed by atoms with Crippen molar-refractivity contribution in [1.29, 1.82) is 0 Å². The second kappa shape index (κ2) is 5.17. The van der Waals surface area contributed by atoms with Gasteiger partial charge in [0.2, 0.25) is 0 Å². The maximum Gasteiger partial charge on any atom is 0.319 e. The Labute approximate surface area is 91.7 Å². The molecule has 0 heterocycles. The van der Waals surface area contributed by atoms with Crippen LogP contribution >= 0.6 is 11.6 Å². The number of nitrogens with one attached hydrogen (secondary N) is 1. The van der Waals surface area contributed by atoms with Crippen molar-refractivity contribution in [2.45, 2.75) is 0 Å². The summed E-state index contributed by atoms with van der Waals surface area (Å²) in [6, 6.07) is 6.02. The van der Waals surface area contributed by atoms with Gasteiger partial charge in [-0.2, -0.15) is 0 Å². The van der Waals surface area contributed by atoms with E-state index in [9.17, 15) is 9.59 Å². The van der Waals surface area contributed by atoms with Crippen molar-refractivity contribution >= 4 is 29.6 Å². The van der Waals surface area contributed by atoms with E-state index in [1.54, 1.807) is 30.3 Å². The first-order valence-corrected chi connectivity index (χ1v) is 4.50. The molecule has 0 radical (unpaired) electrons. The SMILES string of the molecule is NC(=O)NC(=O)C=Cc1ccc(Cl)cc1. The highest BCUT2D eigenvalue weighted by Crippen LogP contribution is 2.10. The number of hydrogen-bond donors (Lipinski definition) is 2. The van der Waals surface area contributed by atoms with Gasteiger partial charge in [-0.3, -0.25) is 10.1 Å². The van der Waals surface area contributed by atoms with Crippen molar-refractivity contribution in [1.82, 2.24) is 5.32 Å². The lowest BCUT2D eigenvalue weighted by atomic mass is 10.2. The third kappa shape index (κ3) is 4.28. The van der Waals surface area contributed by atoms with Crippen LogP contribution in [0.5, 0.6) is 0 Å². The molecule has 0 spiro atoms. The van der Waals surface area contributed by atoms with E-state index in [4.69, 9.17) is 17.3 Å². The van der Waals surface area contributed by atoms with Crippen LogP contribution in [-0.4, -0.2) is 11.9 Å². The molecule has 1 rings (SSSR count). The fraction of sp³-hybridized carbons (Fsp3) is 0. The Balaban J connectivity index is 2.61. The Hall–Kier alpha value is -1.81. The van der Waals surface area contributed by atoms with E-state index >= 15 is 0 Å². The van der Waals surface area contributed by atoms with E-state index in [1.807, 2.05) is 5.32 Å². The number of imide groups is 1. The molecule has 0 atom stereocenters. The minimum atomic E-state index is -0.874. The van der Waals surface area contributed by atoms with Gasteiger partial charge in [-0.1, -0.05) is 23.7 Å². The molecule has 0 aliphatic rings. The number of hydrogen-bond acceptors (Lipinski definition) is 2. The van der Waals surface area contributed by atoms with Crippen LogP contribution in [0.2, 0.25) is 5.02 Å². The summed E-state index contributed by atoms with van der Waals surface area (Å²) < 4.78 is 0. The summed E-state index contributed by atoms with van der Waals surface area (Å²) in [5.41, 5.74) is 5.56. The van der Waals surface area contributed by atoms with Gasteiger partial charge in [-0.25, -0.2) is 4.79 Å². The van der Waals surface area contributed by atoms with Gasteiger partial charge in [0.05, 0.1) is 0 Å². The number of carbonyl (C=O) groups is 2. The predicted octanol–water partition coefficient (Wildman–Crippen LogP) is 1.55. The molecule has 1 aromatic rings. The van der Waals surface area contributed by atoms with E-state index in [-0.39, 0.29) is 0 Å². The topological polar surface area (TPSA) is 72.2 Å². The van der Waals surface area contributed by atoms with Crippen LogP contribution in [0.25, 0.3) is 6.08 Å². The molecule has 0 bridgehead atoms. The van der Waals surface area contributed by atoms with Crippen LogP contribution < -0.4 is 11.1 Å². The molecule has 0 aromatic heterocycles. The van der Waals surface area contributed by atoms with Crippen molar-refractivity contribution < 1.29 is 9.59 Å². The average molecular weight is 225 g/mol. The first kappa shape index (κ1) is 11.3. The molecule has 0 fully saturated rings. The van der Waals surface area contributed by atoms with Gasteiger partial charge >= 0.3 is 6.03 Å². The van der Waals surface area contributed by atoms with Gasteiger partial charge in [0.1, 0.15) is 0 Å². The molecule has 0 saturated heterocycles. The normalized spacial score (nSPS) is 10.2. The average Bonchev–Trinajstić information content (AvgIpc) is 2.16. The Morgan fingerprint density at radius 2 is 1.87 bits per heavy atom. The minimum absolute atomic E-state index is 0.558. The standard InChI is InChI=1S/C10H9ClN2O2/c11-8-4-1-7(2-5-8)3-6-9(14)13-10(12)15/h1-6H,(H3,12,13,14,15). The summed E-state index contributed by atoms with van der Waals surface area (Å²) in [5, 5.41) is 2.53. The van der Waals surface area contributed by atoms with Crippen LogP contribution in [0, 0.1) is 0 Å². The number of nitrogens with two attached hydrogens (primary N) is 1. The Morgan fingerprint density at radius 1 is 1.27 bits per heavy atom. The summed E-state index contributed by atoms with van der Waals surface area (Å²) in [6.07, 6.45) is 2.77. The quantitative estimate of drug-likeness (QED) is 0.748. The van der Waals surface area contributed by atoms with E-state index in [0.29, 0.717) is 5.02 Å². The molecular weight excluding hydrogens is 216 g/mol. The highest BCUT2D eigenvalue weighted by atomic mass is 35.5. The zero-order valence-corrected chi connectivity index (χ0v) is 8.49. The molecule has 1 aromatic carbocycles. The van der Waals surface area contributed by atoms with Crippen molar-refractivity contribution in [3.05, 3.63) is 40.9 Å². The number of benzene rings is 1. The van der Waals surface area contributed by atoms with Crippen molar-refractivity contribution in [3.63, 3.8) is 0 Å². The van der Waals surface area contributed by atoms with Gasteiger partial charge in [0, 0.05) is 11.1 Å². The second-order valence-electron chi connectivity index (χ2n) is 2.74. The third-order valence-corrected chi connectivity index (χ3v) is 1.80. The van der Waals surface area contributed by atoms with E-state index in [0.717, 1.165) is 5.56 Å². The molecule has 0 aliphatic heterocycles.